The van der Waals surface area contributed by atoms with Gasteiger partial charge in [-0.05, 0) is 53.1 Å². The van der Waals surface area contributed by atoms with Crippen molar-refractivity contribution in [3.05, 3.63) is 22.4 Å². The van der Waals surface area contributed by atoms with E-state index in [2.05, 4.69) is 35.1 Å². The zero-order valence-corrected chi connectivity index (χ0v) is 12.9. The molecule has 3 nitrogen and oxygen atoms in total. The number of nitrogens with one attached hydrogen (secondary N) is 1. The Kier molecular flexibility index (Phi) is 3.85. The summed E-state index contributed by atoms with van der Waals surface area (Å²) in [7, 11) is 0. The fourth-order valence-corrected chi connectivity index (χ4v) is 2.86. The third-order valence-corrected chi connectivity index (χ3v) is 4.59. The first-order chi connectivity index (χ1) is 8.48. The predicted octanol–water partition coefficient (Wildman–Crippen LogP) is 3.44. The van der Waals surface area contributed by atoms with Crippen molar-refractivity contribution in [1.82, 2.24) is 9.88 Å². The van der Waals surface area contributed by atoms with Gasteiger partial charge in [-0.2, -0.15) is 0 Å². The van der Waals surface area contributed by atoms with Gasteiger partial charge in [0.2, 0.25) is 0 Å². The number of aryl methyl sites for hydroxylation is 1. The predicted molar refractivity (Wildman–Crippen MR) is 76.6 cm³/mol. The van der Waals surface area contributed by atoms with Gasteiger partial charge < -0.3 is 9.88 Å². The zero-order valence-electron chi connectivity index (χ0n) is 11.3. The standard InChI is InChI=1S/C14H21BrN2O/c1-4-17-8-11(15)7-12(17)13(18)16-9-14(5-6-14)10(2)3/h7-8,10H,4-6,9H2,1-3H3,(H,16,18). The number of aromatic nitrogens is 1. The van der Waals surface area contributed by atoms with Crippen molar-refractivity contribution >= 4 is 21.8 Å². The van der Waals surface area contributed by atoms with E-state index in [1.165, 1.54) is 12.8 Å². The molecule has 0 unspecified atom stereocenters. The average Bonchev–Trinajstić information content (AvgIpc) is 3.03. The normalized spacial score (nSPS) is 16.9. The highest BCUT2D eigenvalue weighted by Crippen LogP contribution is 2.51. The quantitative estimate of drug-likeness (QED) is 0.888. The summed E-state index contributed by atoms with van der Waals surface area (Å²) in [6.07, 6.45) is 4.43. The molecule has 1 N–H and O–H groups in total. The molecule has 1 aromatic heterocycles. The molecule has 1 fully saturated rings. The summed E-state index contributed by atoms with van der Waals surface area (Å²) in [5, 5.41) is 3.09. The number of hydrogen-bond donors (Lipinski definition) is 1. The van der Waals surface area contributed by atoms with E-state index >= 15 is 0 Å². The highest BCUT2D eigenvalue weighted by atomic mass is 79.9. The molecule has 1 heterocycles. The Morgan fingerprint density at radius 1 is 1.56 bits per heavy atom. The lowest BCUT2D eigenvalue weighted by molar-refractivity contribution is 0.0930. The minimum Gasteiger partial charge on any atom is -0.350 e. The van der Waals surface area contributed by atoms with Gasteiger partial charge in [0.25, 0.3) is 5.91 Å². The molecule has 0 bridgehead atoms. The molecule has 0 spiro atoms. The van der Waals surface area contributed by atoms with Crippen molar-refractivity contribution in [2.45, 2.75) is 40.2 Å². The lowest BCUT2D eigenvalue weighted by atomic mass is 9.92. The second-order valence-corrected chi connectivity index (χ2v) is 6.45. The number of carbonyl (C=O) groups is 1. The molecule has 1 aliphatic carbocycles. The van der Waals surface area contributed by atoms with Crippen LogP contribution in [-0.4, -0.2) is 17.0 Å². The highest BCUT2D eigenvalue weighted by Gasteiger charge is 2.45. The minimum atomic E-state index is 0.0366. The van der Waals surface area contributed by atoms with Crippen LogP contribution >= 0.6 is 15.9 Å². The van der Waals surface area contributed by atoms with Crippen LogP contribution in [0.5, 0.6) is 0 Å². The molecule has 2 rings (SSSR count). The Hall–Kier alpha value is -0.770. The van der Waals surface area contributed by atoms with Crippen LogP contribution < -0.4 is 5.32 Å². The number of amides is 1. The maximum atomic E-state index is 12.2. The van der Waals surface area contributed by atoms with Gasteiger partial charge in [-0.25, -0.2) is 0 Å². The largest absolute Gasteiger partial charge is 0.350 e. The first kappa shape index (κ1) is 13.7. The molecule has 1 saturated carbocycles. The molecule has 1 amide bonds. The van der Waals surface area contributed by atoms with Gasteiger partial charge in [-0.15, -0.1) is 0 Å². The van der Waals surface area contributed by atoms with Crippen LogP contribution in [-0.2, 0) is 6.54 Å². The molecule has 0 saturated heterocycles. The summed E-state index contributed by atoms with van der Waals surface area (Å²) in [4.78, 5) is 12.2. The van der Waals surface area contributed by atoms with E-state index in [0.29, 0.717) is 11.3 Å². The third-order valence-electron chi connectivity index (χ3n) is 4.15. The van der Waals surface area contributed by atoms with Crippen LogP contribution in [0.3, 0.4) is 0 Å². The van der Waals surface area contributed by atoms with E-state index in [1.54, 1.807) is 0 Å². The highest BCUT2D eigenvalue weighted by molar-refractivity contribution is 9.10. The first-order valence-electron chi connectivity index (χ1n) is 6.62. The van der Waals surface area contributed by atoms with Gasteiger partial charge in [0.05, 0.1) is 0 Å². The fraction of sp³-hybridized carbons (Fsp3) is 0.643. The van der Waals surface area contributed by atoms with Gasteiger partial charge in [-0.1, -0.05) is 13.8 Å². The van der Waals surface area contributed by atoms with Crippen molar-refractivity contribution < 1.29 is 4.79 Å². The van der Waals surface area contributed by atoms with Gasteiger partial charge in [0, 0.05) is 23.8 Å². The van der Waals surface area contributed by atoms with E-state index in [-0.39, 0.29) is 5.91 Å². The molecular weight excluding hydrogens is 292 g/mol. The average molecular weight is 313 g/mol. The van der Waals surface area contributed by atoms with Crippen molar-refractivity contribution in [1.29, 1.82) is 0 Å². The van der Waals surface area contributed by atoms with Gasteiger partial charge in [0.15, 0.2) is 0 Å². The molecule has 0 aliphatic heterocycles. The molecule has 0 atom stereocenters. The Bertz CT molecular complexity index is 447. The number of nitrogens with zero attached hydrogens (tertiary/aromatic N) is 1. The molecule has 1 aliphatic rings. The molecule has 0 aromatic carbocycles. The van der Waals surface area contributed by atoms with E-state index in [0.717, 1.165) is 23.3 Å². The zero-order chi connectivity index (χ0) is 13.3. The second-order valence-electron chi connectivity index (χ2n) is 5.53. The minimum absolute atomic E-state index is 0.0366. The Balaban J connectivity index is 2.00. The van der Waals surface area contributed by atoms with E-state index in [1.807, 2.05) is 23.8 Å². The van der Waals surface area contributed by atoms with Crippen molar-refractivity contribution in [2.24, 2.45) is 11.3 Å². The maximum Gasteiger partial charge on any atom is 0.267 e. The molecular formula is C14H21BrN2O. The van der Waals surface area contributed by atoms with E-state index in [4.69, 9.17) is 0 Å². The Morgan fingerprint density at radius 2 is 2.22 bits per heavy atom. The van der Waals surface area contributed by atoms with Crippen LogP contribution in [0, 0.1) is 11.3 Å². The maximum absolute atomic E-state index is 12.2. The van der Waals surface area contributed by atoms with Crippen molar-refractivity contribution in [2.75, 3.05) is 6.54 Å². The van der Waals surface area contributed by atoms with Gasteiger partial charge in [-0.3, -0.25) is 4.79 Å². The van der Waals surface area contributed by atoms with Crippen LogP contribution in [0.1, 0.15) is 44.1 Å². The fourth-order valence-electron chi connectivity index (χ4n) is 2.39. The van der Waals surface area contributed by atoms with E-state index in [9.17, 15) is 4.79 Å². The van der Waals surface area contributed by atoms with Gasteiger partial charge >= 0.3 is 0 Å². The van der Waals surface area contributed by atoms with Crippen LogP contribution in [0.4, 0.5) is 0 Å². The molecule has 0 radical (unpaired) electrons. The molecule has 100 valence electrons. The summed E-state index contributed by atoms with van der Waals surface area (Å²) in [5.74, 6) is 0.678. The summed E-state index contributed by atoms with van der Waals surface area (Å²) in [5.41, 5.74) is 1.10. The third kappa shape index (κ3) is 2.63. The van der Waals surface area contributed by atoms with Crippen molar-refractivity contribution in [3.8, 4) is 0 Å². The first-order valence-corrected chi connectivity index (χ1v) is 7.41. The lowest BCUT2D eigenvalue weighted by Crippen LogP contribution is -2.33. The second kappa shape index (κ2) is 5.08. The monoisotopic (exact) mass is 312 g/mol. The summed E-state index contributed by atoms with van der Waals surface area (Å²) >= 11 is 3.42. The van der Waals surface area contributed by atoms with E-state index < -0.39 is 0 Å². The number of hydrogen-bond acceptors (Lipinski definition) is 1. The van der Waals surface area contributed by atoms with Crippen LogP contribution in [0.25, 0.3) is 0 Å². The van der Waals surface area contributed by atoms with Gasteiger partial charge in [0.1, 0.15) is 5.69 Å². The number of rotatable bonds is 5. The number of carbonyl (C=O) groups excluding carboxylic acids is 1. The van der Waals surface area contributed by atoms with Crippen molar-refractivity contribution in [3.63, 3.8) is 0 Å². The van der Waals surface area contributed by atoms with Crippen LogP contribution in [0.2, 0.25) is 0 Å². The van der Waals surface area contributed by atoms with Crippen LogP contribution in [0.15, 0.2) is 16.7 Å². The molecule has 1 aromatic rings. The smallest absolute Gasteiger partial charge is 0.267 e. The Labute approximate surface area is 117 Å². The lowest BCUT2D eigenvalue weighted by Gasteiger charge is -2.20. The number of halogens is 1. The Morgan fingerprint density at radius 3 is 2.72 bits per heavy atom. The molecule has 4 heteroatoms. The summed E-state index contributed by atoms with van der Waals surface area (Å²) in [6, 6.07) is 1.88. The topological polar surface area (TPSA) is 34.0 Å². The molecule has 18 heavy (non-hydrogen) atoms. The SMILES string of the molecule is CCn1cc(Br)cc1C(=O)NCC1(C(C)C)CC1. The summed E-state index contributed by atoms with van der Waals surface area (Å²) < 4.78 is 2.92. The summed E-state index contributed by atoms with van der Waals surface area (Å²) in [6.45, 7) is 8.13.